The lowest BCUT2D eigenvalue weighted by atomic mass is 10.1. The highest BCUT2D eigenvalue weighted by Gasteiger charge is 2.04. The number of carboxylic acids is 1. The van der Waals surface area contributed by atoms with Gasteiger partial charge in [0, 0.05) is 12.5 Å². The summed E-state index contributed by atoms with van der Waals surface area (Å²) in [5, 5.41) is 11.1. The normalized spacial score (nSPS) is 12.0. The number of terminal acetylenes is 1. The maximum Gasteiger partial charge on any atom is 0.317 e. The first-order chi connectivity index (χ1) is 5.20. The number of carbonyl (C=O) groups is 1. The van der Waals surface area contributed by atoms with E-state index in [0.29, 0.717) is 6.42 Å². The fraction of sp³-hybridized carbons (Fsp3) is 0.625. The Morgan fingerprint density at radius 3 is 2.82 bits per heavy atom. The van der Waals surface area contributed by atoms with E-state index in [1.54, 1.807) is 0 Å². The Labute approximate surface area is 66.8 Å². The molecular weight excluding hydrogens is 142 g/mol. The molecule has 0 aliphatic carbocycles. The molecule has 0 amide bonds. The van der Waals surface area contributed by atoms with Gasteiger partial charge in [0.2, 0.25) is 0 Å². The number of aliphatic carboxylic acids is 1. The molecule has 0 bridgehead atoms. The van der Waals surface area contributed by atoms with Gasteiger partial charge in [-0.1, -0.05) is 6.92 Å². The molecule has 0 rings (SSSR count). The number of hydrogen-bond acceptors (Lipinski definition) is 2. The largest absolute Gasteiger partial charge is 0.480 e. The van der Waals surface area contributed by atoms with E-state index in [-0.39, 0.29) is 12.6 Å². The van der Waals surface area contributed by atoms with Crippen LogP contribution in [0.25, 0.3) is 0 Å². The predicted molar refractivity (Wildman–Crippen MR) is 43.2 cm³/mol. The molecule has 3 heteroatoms. The molecule has 2 N–H and O–H groups in total. The fourth-order valence-corrected chi connectivity index (χ4v) is 0.735. The summed E-state index contributed by atoms with van der Waals surface area (Å²) in [7, 11) is 0. The minimum absolute atomic E-state index is 0.0137. The Hall–Kier alpha value is -1.01. The third-order valence-corrected chi connectivity index (χ3v) is 1.40. The van der Waals surface area contributed by atoms with Crippen molar-refractivity contribution in [1.29, 1.82) is 0 Å². The molecular formula is C8H13NO2. The molecule has 0 aromatic carbocycles. The van der Waals surface area contributed by atoms with Crippen LogP contribution in [0.5, 0.6) is 0 Å². The lowest BCUT2D eigenvalue weighted by molar-refractivity contribution is -0.136. The van der Waals surface area contributed by atoms with E-state index >= 15 is 0 Å². The summed E-state index contributed by atoms with van der Waals surface area (Å²) in [5.41, 5.74) is 0. The average Bonchev–Trinajstić information content (AvgIpc) is 1.97. The Kier molecular flexibility index (Phi) is 5.22. The standard InChI is InChI=1S/C8H13NO2/c1-3-5-7(4-2)9-6-8(10)11/h1,7,9H,4-6H2,2H3,(H,10,11). The molecule has 0 saturated carbocycles. The van der Waals surface area contributed by atoms with Crippen LogP contribution in [-0.4, -0.2) is 23.7 Å². The molecule has 3 nitrogen and oxygen atoms in total. The summed E-state index contributed by atoms with van der Waals surface area (Å²) in [4.78, 5) is 10.1. The van der Waals surface area contributed by atoms with Crippen molar-refractivity contribution in [3.8, 4) is 12.3 Å². The van der Waals surface area contributed by atoms with Crippen molar-refractivity contribution in [3.63, 3.8) is 0 Å². The minimum Gasteiger partial charge on any atom is -0.480 e. The van der Waals surface area contributed by atoms with Crippen molar-refractivity contribution < 1.29 is 9.90 Å². The van der Waals surface area contributed by atoms with Crippen molar-refractivity contribution in [2.45, 2.75) is 25.8 Å². The smallest absolute Gasteiger partial charge is 0.317 e. The molecule has 1 atom stereocenters. The molecule has 0 aliphatic rings. The summed E-state index contributed by atoms with van der Waals surface area (Å²) in [6, 6.07) is 0.135. The van der Waals surface area contributed by atoms with Gasteiger partial charge in [0.15, 0.2) is 0 Å². The third kappa shape index (κ3) is 5.43. The summed E-state index contributed by atoms with van der Waals surface area (Å²) < 4.78 is 0. The van der Waals surface area contributed by atoms with Crippen LogP contribution in [0.3, 0.4) is 0 Å². The van der Waals surface area contributed by atoms with Crippen molar-refractivity contribution in [2.75, 3.05) is 6.54 Å². The number of carboxylic acid groups (broad SMARTS) is 1. The Bertz CT molecular complexity index is 160. The van der Waals surface area contributed by atoms with Crippen LogP contribution in [0.4, 0.5) is 0 Å². The fourth-order valence-electron chi connectivity index (χ4n) is 0.735. The molecule has 0 radical (unpaired) electrons. The Morgan fingerprint density at radius 1 is 1.82 bits per heavy atom. The molecule has 0 saturated heterocycles. The lowest BCUT2D eigenvalue weighted by Crippen LogP contribution is -2.32. The molecule has 11 heavy (non-hydrogen) atoms. The zero-order valence-electron chi connectivity index (χ0n) is 6.63. The van der Waals surface area contributed by atoms with Gasteiger partial charge in [-0.2, -0.15) is 0 Å². The first-order valence-corrected chi connectivity index (χ1v) is 3.59. The van der Waals surface area contributed by atoms with Gasteiger partial charge in [-0.25, -0.2) is 0 Å². The zero-order chi connectivity index (χ0) is 8.69. The van der Waals surface area contributed by atoms with Crippen molar-refractivity contribution in [3.05, 3.63) is 0 Å². The minimum atomic E-state index is -0.847. The van der Waals surface area contributed by atoms with Crippen LogP contribution in [0.1, 0.15) is 19.8 Å². The van der Waals surface area contributed by atoms with Crippen LogP contribution in [0.15, 0.2) is 0 Å². The maximum absolute atomic E-state index is 10.1. The number of nitrogens with one attached hydrogen (secondary N) is 1. The molecule has 0 aromatic rings. The second-order valence-electron chi connectivity index (χ2n) is 2.29. The van der Waals surface area contributed by atoms with Crippen LogP contribution in [0.2, 0.25) is 0 Å². The molecule has 62 valence electrons. The van der Waals surface area contributed by atoms with Gasteiger partial charge in [-0.05, 0) is 6.42 Å². The third-order valence-electron chi connectivity index (χ3n) is 1.40. The van der Waals surface area contributed by atoms with Crippen molar-refractivity contribution in [1.82, 2.24) is 5.32 Å². The van der Waals surface area contributed by atoms with Gasteiger partial charge in [0.1, 0.15) is 0 Å². The molecule has 0 aliphatic heterocycles. The highest BCUT2D eigenvalue weighted by molar-refractivity contribution is 5.69. The molecule has 0 fully saturated rings. The topological polar surface area (TPSA) is 49.3 Å². The Morgan fingerprint density at radius 2 is 2.45 bits per heavy atom. The van der Waals surface area contributed by atoms with Gasteiger partial charge in [-0.3, -0.25) is 4.79 Å². The number of hydrogen-bond donors (Lipinski definition) is 2. The van der Waals surface area contributed by atoms with Crippen molar-refractivity contribution >= 4 is 5.97 Å². The zero-order valence-corrected chi connectivity index (χ0v) is 6.63. The quantitative estimate of drug-likeness (QED) is 0.567. The first kappa shape index (κ1) is 9.99. The summed E-state index contributed by atoms with van der Waals surface area (Å²) >= 11 is 0. The van der Waals surface area contributed by atoms with Gasteiger partial charge in [-0.15, -0.1) is 12.3 Å². The second kappa shape index (κ2) is 5.75. The molecule has 1 unspecified atom stereocenters. The highest BCUT2D eigenvalue weighted by Crippen LogP contribution is 1.94. The van der Waals surface area contributed by atoms with Gasteiger partial charge in [0.05, 0.1) is 6.54 Å². The van der Waals surface area contributed by atoms with E-state index in [9.17, 15) is 4.79 Å². The predicted octanol–water partition coefficient (Wildman–Crippen LogP) is 0.463. The molecule has 0 aromatic heterocycles. The van der Waals surface area contributed by atoms with Crippen LogP contribution in [-0.2, 0) is 4.79 Å². The Balaban J connectivity index is 3.53. The van der Waals surface area contributed by atoms with E-state index in [1.165, 1.54) is 0 Å². The SMILES string of the molecule is C#CCC(CC)NCC(=O)O. The van der Waals surface area contributed by atoms with Gasteiger partial charge in [0.25, 0.3) is 0 Å². The highest BCUT2D eigenvalue weighted by atomic mass is 16.4. The molecule has 0 heterocycles. The van der Waals surface area contributed by atoms with Gasteiger partial charge >= 0.3 is 5.97 Å². The second-order valence-corrected chi connectivity index (χ2v) is 2.29. The van der Waals surface area contributed by atoms with E-state index in [4.69, 9.17) is 11.5 Å². The van der Waals surface area contributed by atoms with Crippen LogP contribution in [0, 0.1) is 12.3 Å². The number of rotatable bonds is 5. The first-order valence-electron chi connectivity index (χ1n) is 3.59. The summed E-state index contributed by atoms with van der Waals surface area (Å²) in [6.45, 7) is 1.96. The van der Waals surface area contributed by atoms with E-state index in [1.807, 2.05) is 6.92 Å². The lowest BCUT2D eigenvalue weighted by Gasteiger charge is -2.11. The van der Waals surface area contributed by atoms with E-state index in [0.717, 1.165) is 6.42 Å². The van der Waals surface area contributed by atoms with E-state index < -0.39 is 5.97 Å². The monoisotopic (exact) mass is 155 g/mol. The van der Waals surface area contributed by atoms with Crippen LogP contribution >= 0.6 is 0 Å². The average molecular weight is 155 g/mol. The van der Waals surface area contributed by atoms with Crippen LogP contribution < -0.4 is 5.32 Å². The maximum atomic E-state index is 10.1. The van der Waals surface area contributed by atoms with Gasteiger partial charge < -0.3 is 10.4 Å². The summed E-state index contributed by atoms with van der Waals surface area (Å²) in [6.07, 6.45) is 6.52. The van der Waals surface area contributed by atoms with Crippen molar-refractivity contribution in [2.24, 2.45) is 0 Å². The molecule has 0 spiro atoms. The van der Waals surface area contributed by atoms with E-state index in [2.05, 4.69) is 11.2 Å². The summed E-state index contributed by atoms with van der Waals surface area (Å²) in [5.74, 6) is 1.64.